The zero-order valence-electron chi connectivity index (χ0n) is 30.6. The molecular weight excluding hydrogens is 728 g/mol. The second-order valence-corrected chi connectivity index (χ2v) is 16.6. The van der Waals surface area contributed by atoms with E-state index in [1.807, 2.05) is 41.3 Å². The summed E-state index contributed by atoms with van der Waals surface area (Å²) in [5.41, 5.74) is -0.271. The molecule has 2 bridgehead atoms. The number of amides is 1. The average molecular weight is 772 g/mol. The summed E-state index contributed by atoms with van der Waals surface area (Å²) in [6.45, 7) is 5.70. The molecule has 0 unspecified atom stereocenters. The van der Waals surface area contributed by atoms with Crippen LogP contribution >= 0.6 is 11.6 Å². The summed E-state index contributed by atoms with van der Waals surface area (Å²) in [6.07, 6.45) is 8.82. The van der Waals surface area contributed by atoms with Crippen LogP contribution in [-0.4, -0.2) is 137 Å². The number of piperazine rings is 1. The minimum Gasteiger partial charge on any atom is -0.461 e. The molecule has 288 valence electrons. The first kappa shape index (κ1) is 35.4. The lowest BCUT2D eigenvalue weighted by molar-refractivity contribution is -0.164. The maximum Gasteiger partial charge on any atom is 0.319 e. The van der Waals surface area contributed by atoms with Gasteiger partial charge in [0, 0.05) is 79.5 Å². The number of hydrogen-bond acceptors (Lipinski definition) is 10. The second-order valence-electron chi connectivity index (χ2n) is 16.2. The number of anilines is 1. The molecule has 4 aromatic rings. The van der Waals surface area contributed by atoms with Crippen molar-refractivity contribution in [1.82, 2.24) is 29.7 Å². The van der Waals surface area contributed by atoms with E-state index in [0.717, 1.165) is 57.4 Å². The minimum absolute atomic E-state index is 0.0236. The lowest BCUT2D eigenvalue weighted by Gasteiger charge is -2.55. The van der Waals surface area contributed by atoms with Gasteiger partial charge in [0.05, 0.1) is 37.4 Å². The normalized spacial score (nSPS) is 27.8. The Kier molecular flexibility index (Phi) is 8.93. The Labute approximate surface area is 323 Å². The molecule has 0 N–H and O–H groups in total. The highest BCUT2D eigenvalue weighted by Crippen LogP contribution is 2.42. The Morgan fingerprint density at radius 2 is 1.87 bits per heavy atom. The summed E-state index contributed by atoms with van der Waals surface area (Å²) in [6, 6.07) is 12.0. The molecule has 8 heterocycles. The molecule has 6 saturated heterocycles. The number of pyridine rings is 1. The first-order valence-electron chi connectivity index (χ1n) is 19.5. The van der Waals surface area contributed by atoms with E-state index in [4.69, 9.17) is 30.8 Å². The first-order valence-corrected chi connectivity index (χ1v) is 19.9. The number of halogens is 3. The molecule has 14 heteroatoms. The van der Waals surface area contributed by atoms with Crippen molar-refractivity contribution in [2.75, 3.05) is 77.2 Å². The monoisotopic (exact) mass is 771 g/mol. The third kappa shape index (κ3) is 6.05. The van der Waals surface area contributed by atoms with Crippen LogP contribution in [0.5, 0.6) is 6.01 Å². The number of carbonyl (C=O) groups is 1. The van der Waals surface area contributed by atoms with Crippen LogP contribution in [0.3, 0.4) is 0 Å². The smallest absolute Gasteiger partial charge is 0.319 e. The maximum absolute atomic E-state index is 17.0. The van der Waals surface area contributed by atoms with Crippen LogP contribution in [0.2, 0.25) is 5.02 Å². The fraction of sp³-hybridized carbons (Fsp3) is 0.512. The fourth-order valence-electron chi connectivity index (χ4n) is 10.1. The van der Waals surface area contributed by atoms with Gasteiger partial charge in [0.25, 0.3) is 0 Å². The van der Waals surface area contributed by atoms with Gasteiger partial charge in [-0.25, -0.2) is 8.78 Å². The Morgan fingerprint density at radius 1 is 1.05 bits per heavy atom. The molecule has 4 atom stereocenters. The molecule has 2 aromatic carbocycles. The van der Waals surface area contributed by atoms with Gasteiger partial charge in [-0.15, -0.1) is 0 Å². The van der Waals surface area contributed by atoms with Gasteiger partial charge in [-0.3, -0.25) is 19.6 Å². The van der Waals surface area contributed by atoms with E-state index in [1.54, 1.807) is 18.3 Å². The highest BCUT2D eigenvalue weighted by atomic mass is 35.5. The largest absolute Gasteiger partial charge is 0.461 e. The lowest BCUT2D eigenvalue weighted by atomic mass is 9.91. The van der Waals surface area contributed by atoms with E-state index in [0.29, 0.717) is 85.1 Å². The van der Waals surface area contributed by atoms with E-state index in [9.17, 15) is 9.18 Å². The van der Waals surface area contributed by atoms with Crippen LogP contribution in [0.15, 0.2) is 54.7 Å². The zero-order valence-corrected chi connectivity index (χ0v) is 31.4. The number of benzene rings is 2. The number of ether oxygens (including phenoxy) is 3. The summed E-state index contributed by atoms with van der Waals surface area (Å²) in [7, 11) is 0. The summed E-state index contributed by atoms with van der Waals surface area (Å²) < 4.78 is 49.5. The van der Waals surface area contributed by atoms with Gasteiger partial charge in [0.1, 0.15) is 35.3 Å². The quantitative estimate of drug-likeness (QED) is 0.216. The summed E-state index contributed by atoms with van der Waals surface area (Å²) in [4.78, 5) is 36.7. The number of aromatic nitrogens is 3. The zero-order chi connectivity index (χ0) is 37.3. The standard InChI is InChI=1S/C41H44ClF2N7O4/c42-32-8-2-6-26-5-1-7-30(34(26)32)36-35(44)37-31(18-45-36)38(47-39(46-37)55-25-40-12-4-13-49(40)19-27(43)17-40)48-15-16-51(41(22-48)23-54-24-41)33(52)9-3-14-50-28-10-11-29(50)21-53-20-28/h1-3,5-9,18,27-29H,4,10-17,19-25H2/b9-3+/t27-,28-,29+,40+/m1/s1. The van der Waals surface area contributed by atoms with E-state index < -0.39 is 23.1 Å². The lowest BCUT2D eigenvalue weighted by Crippen LogP contribution is -2.72. The van der Waals surface area contributed by atoms with Crippen LogP contribution in [-0.2, 0) is 14.3 Å². The van der Waals surface area contributed by atoms with Crippen molar-refractivity contribution >= 4 is 45.0 Å². The molecule has 1 amide bonds. The molecule has 0 saturated carbocycles. The van der Waals surface area contributed by atoms with Crippen molar-refractivity contribution in [1.29, 1.82) is 0 Å². The molecule has 0 aliphatic carbocycles. The van der Waals surface area contributed by atoms with Crippen LogP contribution in [0.4, 0.5) is 14.6 Å². The third-order valence-electron chi connectivity index (χ3n) is 12.9. The summed E-state index contributed by atoms with van der Waals surface area (Å²) >= 11 is 6.67. The fourth-order valence-corrected chi connectivity index (χ4v) is 10.4. The minimum atomic E-state index is -0.917. The molecule has 6 aliphatic rings. The van der Waals surface area contributed by atoms with Crippen LogP contribution in [0, 0.1) is 5.82 Å². The number of alkyl halides is 1. The van der Waals surface area contributed by atoms with Crippen molar-refractivity contribution in [3.8, 4) is 17.3 Å². The van der Waals surface area contributed by atoms with Crippen molar-refractivity contribution in [2.24, 2.45) is 0 Å². The highest BCUT2D eigenvalue weighted by Gasteiger charge is 2.51. The van der Waals surface area contributed by atoms with Crippen LogP contribution in [0.1, 0.15) is 32.1 Å². The molecular formula is C41H44ClF2N7O4. The topological polar surface area (TPSA) is 96.4 Å². The molecule has 2 aromatic heterocycles. The number of fused-ring (bicyclic) bond motifs is 5. The maximum atomic E-state index is 17.0. The Balaban J connectivity index is 0.978. The predicted molar refractivity (Wildman–Crippen MR) is 205 cm³/mol. The first-order chi connectivity index (χ1) is 26.8. The number of carbonyl (C=O) groups excluding carboxylic acids is 1. The van der Waals surface area contributed by atoms with Gasteiger partial charge in [-0.1, -0.05) is 48.0 Å². The van der Waals surface area contributed by atoms with E-state index in [1.165, 1.54) is 0 Å². The van der Waals surface area contributed by atoms with Gasteiger partial charge in [0.2, 0.25) is 5.91 Å². The van der Waals surface area contributed by atoms with Crippen molar-refractivity contribution in [3.05, 3.63) is 65.6 Å². The molecule has 10 rings (SSSR count). The Morgan fingerprint density at radius 3 is 2.67 bits per heavy atom. The third-order valence-corrected chi connectivity index (χ3v) is 13.2. The van der Waals surface area contributed by atoms with E-state index in [2.05, 4.69) is 24.7 Å². The number of hydrogen-bond donors (Lipinski definition) is 0. The molecule has 0 radical (unpaired) electrons. The van der Waals surface area contributed by atoms with Crippen molar-refractivity contribution < 1.29 is 27.8 Å². The van der Waals surface area contributed by atoms with Gasteiger partial charge >= 0.3 is 6.01 Å². The van der Waals surface area contributed by atoms with Gasteiger partial charge in [-0.05, 0) is 43.7 Å². The molecule has 55 heavy (non-hydrogen) atoms. The second kappa shape index (κ2) is 13.9. The van der Waals surface area contributed by atoms with Crippen molar-refractivity contribution in [3.63, 3.8) is 0 Å². The van der Waals surface area contributed by atoms with E-state index in [-0.39, 0.29) is 29.7 Å². The van der Waals surface area contributed by atoms with Gasteiger partial charge < -0.3 is 24.0 Å². The predicted octanol–water partition coefficient (Wildman–Crippen LogP) is 5.43. The summed E-state index contributed by atoms with van der Waals surface area (Å²) in [5, 5.41) is 2.49. The summed E-state index contributed by atoms with van der Waals surface area (Å²) in [5.74, 6) is -0.186. The Hall–Kier alpha value is -4.01. The SMILES string of the molecule is O=C(/C=C/CN1[C@@H]2CC[C@H]1COC2)N1CCN(c2nc(OC[C@@]34CCCN3C[C@H](F)C4)nc3c(F)c(-c4cccc5cccc(Cl)c45)ncc23)CC12COC2. The van der Waals surface area contributed by atoms with E-state index >= 15 is 4.39 Å². The number of rotatable bonds is 8. The average Bonchev–Trinajstić information content (AvgIpc) is 3.77. The molecule has 6 fully saturated rings. The number of morpholine rings is 1. The Bertz CT molecular complexity index is 2170. The van der Waals surface area contributed by atoms with Crippen molar-refractivity contribution in [2.45, 2.75) is 61.4 Å². The van der Waals surface area contributed by atoms with Gasteiger partial charge in [0.15, 0.2) is 5.82 Å². The molecule has 6 aliphatic heterocycles. The number of nitrogens with zero attached hydrogens (tertiary/aromatic N) is 7. The highest BCUT2D eigenvalue weighted by molar-refractivity contribution is 6.36. The van der Waals surface area contributed by atoms with Gasteiger partial charge in [-0.2, -0.15) is 9.97 Å². The van der Waals surface area contributed by atoms with Crippen LogP contribution in [0.25, 0.3) is 32.9 Å². The molecule has 11 nitrogen and oxygen atoms in total. The molecule has 1 spiro atoms. The van der Waals surface area contributed by atoms with Crippen LogP contribution < -0.4 is 9.64 Å².